The molecular formula is C15H20N4OS. The molecule has 3 rings (SSSR count). The molecule has 2 aromatic heterocycles. The Hall–Kier alpha value is -1.69. The number of likely N-dealkylation sites (tertiary alicyclic amines) is 1. The number of hydrogen-bond donors (Lipinski definition) is 1. The van der Waals surface area contributed by atoms with Gasteiger partial charge in [-0.05, 0) is 38.2 Å². The van der Waals surface area contributed by atoms with Crippen LogP contribution in [-0.2, 0) is 0 Å². The fourth-order valence-electron chi connectivity index (χ4n) is 2.92. The largest absolute Gasteiger partial charge is 0.397 e. The maximum Gasteiger partial charge on any atom is 0.266 e. The van der Waals surface area contributed by atoms with E-state index in [1.54, 1.807) is 0 Å². The van der Waals surface area contributed by atoms with E-state index in [-0.39, 0.29) is 5.91 Å². The molecule has 1 amide bonds. The summed E-state index contributed by atoms with van der Waals surface area (Å²) in [5, 5.41) is 9.20. The predicted octanol–water partition coefficient (Wildman–Crippen LogP) is 2.76. The minimum absolute atomic E-state index is 0.0408. The van der Waals surface area contributed by atoms with Crippen molar-refractivity contribution in [3.63, 3.8) is 0 Å². The highest BCUT2D eigenvalue weighted by Crippen LogP contribution is 2.36. The molecule has 1 aliphatic rings. The monoisotopic (exact) mass is 304 g/mol. The number of nitrogens with zero attached hydrogens (tertiary/aromatic N) is 3. The molecule has 1 fully saturated rings. The van der Waals surface area contributed by atoms with Gasteiger partial charge >= 0.3 is 0 Å². The van der Waals surface area contributed by atoms with Crippen LogP contribution >= 0.6 is 11.3 Å². The van der Waals surface area contributed by atoms with Crippen molar-refractivity contribution < 1.29 is 4.79 Å². The molecule has 0 bridgehead atoms. The third-order valence-corrected chi connectivity index (χ3v) is 5.35. The fraction of sp³-hybridized carbons (Fsp3) is 0.533. The van der Waals surface area contributed by atoms with E-state index in [0.717, 1.165) is 41.0 Å². The van der Waals surface area contributed by atoms with E-state index in [1.165, 1.54) is 17.8 Å². The minimum Gasteiger partial charge on any atom is -0.397 e. The Kier molecular flexibility index (Phi) is 3.57. The Labute approximate surface area is 128 Å². The number of nitrogens with two attached hydrogens (primary N) is 1. The molecule has 0 radical (unpaired) electrons. The van der Waals surface area contributed by atoms with Crippen molar-refractivity contribution in [2.24, 2.45) is 5.92 Å². The molecule has 2 aromatic rings. The first-order valence-electron chi connectivity index (χ1n) is 7.30. The third kappa shape index (κ3) is 2.37. The first-order valence-corrected chi connectivity index (χ1v) is 8.11. The van der Waals surface area contributed by atoms with Crippen LogP contribution in [-0.4, -0.2) is 34.1 Å². The molecule has 1 atom stereocenters. The molecule has 0 aliphatic carbocycles. The first-order chi connectivity index (χ1) is 9.99. The van der Waals surface area contributed by atoms with Gasteiger partial charge in [-0.2, -0.15) is 5.10 Å². The molecule has 0 spiro atoms. The van der Waals surface area contributed by atoms with Gasteiger partial charge in [0, 0.05) is 18.5 Å². The van der Waals surface area contributed by atoms with E-state index in [1.807, 2.05) is 18.7 Å². The van der Waals surface area contributed by atoms with Crippen molar-refractivity contribution in [2.45, 2.75) is 33.6 Å². The summed E-state index contributed by atoms with van der Waals surface area (Å²) in [6.45, 7) is 7.71. The zero-order valence-corrected chi connectivity index (χ0v) is 13.5. The molecule has 3 heterocycles. The zero-order chi connectivity index (χ0) is 15.1. The lowest BCUT2D eigenvalue weighted by Crippen LogP contribution is -2.39. The van der Waals surface area contributed by atoms with Gasteiger partial charge in [0.25, 0.3) is 5.91 Å². The molecule has 6 heteroatoms. The Bertz CT molecular complexity index is 709. The number of fused-ring (bicyclic) bond motifs is 1. The summed E-state index contributed by atoms with van der Waals surface area (Å²) in [5.74, 6) is 0.598. The van der Waals surface area contributed by atoms with Crippen molar-refractivity contribution in [1.82, 2.24) is 15.1 Å². The number of amides is 1. The van der Waals surface area contributed by atoms with Crippen LogP contribution in [0, 0.1) is 19.8 Å². The molecule has 1 saturated heterocycles. The molecule has 2 N–H and O–H groups in total. The van der Waals surface area contributed by atoms with E-state index >= 15 is 0 Å². The van der Waals surface area contributed by atoms with Gasteiger partial charge in [-0.3, -0.25) is 4.79 Å². The summed E-state index contributed by atoms with van der Waals surface area (Å²) in [5.41, 5.74) is 8.68. The van der Waals surface area contributed by atoms with Gasteiger partial charge in [0.1, 0.15) is 9.71 Å². The zero-order valence-electron chi connectivity index (χ0n) is 12.6. The summed E-state index contributed by atoms with van der Waals surface area (Å²) in [4.78, 5) is 16.0. The van der Waals surface area contributed by atoms with E-state index in [4.69, 9.17) is 5.73 Å². The van der Waals surface area contributed by atoms with Crippen LogP contribution in [0.5, 0.6) is 0 Å². The van der Waals surface area contributed by atoms with Gasteiger partial charge in [-0.25, -0.2) is 0 Å². The van der Waals surface area contributed by atoms with Crippen molar-refractivity contribution >= 4 is 33.1 Å². The summed E-state index contributed by atoms with van der Waals surface area (Å²) < 4.78 is 0. The summed E-state index contributed by atoms with van der Waals surface area (Å²) >= 11 is 1.36. The minimum atomic E-state index is 0.0408. The first kappa shape index (κ1) is 14.3. The van der Waals surface area contributed by atoms with Crippen LogP contribution in [0.3, 0.4) is 0 Å². The Morgan fingerprint density at radius 3 is 2.86 bits per heavy atom. The molecule has 0 saturated carbocycles. The Morgan fingerprint density at radius 2 is 2.14 bits per heavy atom. The van der Waals surface area contributed by atoms with Crippen molar-refractivity contribution in [3.8, 4) is 0 Å². The van der Waals surface area contributed by atoms with E-state index in [9.17, 15) is 4.79 Å². The summed E-state index contributed by atoms with van der Waals surface area (Å²) in [6.07, 6.45) is 2.26. The number of piperidine rings is 1. The van der Waals surface area contributed by atoms with Crippen LogP contribution in [0.1, 0.15) is 40.7 Å². The van der Waals surface area contributed by atoms with Crippen molar-refractivity contribution in [2.75, 3.05) is 18.8 Å². The highest BCUT2D eigenvalue weighted by atomic mass is 32.1. The van der Waals surface area contributed by atoms with Gasteiger partial charge in [0.15, 0.2) is 0 Å². The van der Waals surface area contributed by atoms with Crippen LogP contribution in [0.25, 0.3) is 10.2 Å². The van der Waals surface area contributed by atoms with Crippen molar-refractivity contribution in [3.05, 3.63) is 16.1 Å². The average Bonchev–Trinajstić information content (AvgIpc) is 2.80. The molecule has 112 valence electrons. The fourth-order valence-corrected chi connectivity index (χ4v) is 3.99. The second-order valence-corrected chi connectivity index (χ2v) is 6.93. The number of aryl methyl sites for hydroxylation is 2. The average molecular weight is 304 g/mol. The standard InChI is InChI=1S/C15H20N4OS/c1-8-5-4-6-19(7-8)15(20)13-12(16)11-9(2)10(3)17-18-14(11)21-13/h8H,4-7,16H2,1-3H3. The Morgan fingerprint density at radius 1 is 1.38 bits per heavy atom. The lowest BCUT2D eigenvalue weighted by Gasteiger charge is -2.30. The highest BCUT2D eigenvalue weighted by molar-refractivity contribution is 7.21. The smallest absolute Gasteiger partial charge is 0.266 e. The number of anilines is 1. The molecule has 0 aromatic carbocycles. The van der Waals surface area contributed by atoms with Crippen molar-refractivity contribution in [1.29, 1.82) is 0 Å². The number of aromatic nitrogens is 2. The van der Waals surface area contributed by atoms with Gasteiger partial charge in [0.05, 0.1) is 11.4 Å². The highest BCUT2D eigenvalue weighted by Gasteiger charge is 2.26. The van der Waals surface area contributed by atoms with E-state index < -0.39 is 0 Å². The van der Waals surface area contributed by atoms with Gasteiger partial charge in [-0.1, -0.05) is 6.92 Å². The maximum absolute atomic E-state index is 12.7. The Balaban J connectivity index is 2.02. The van der Waals surface area contributed by atoms with Crippen LogP contribution in [0.15, 0.2) is 0 Å². The lowest BCUT2D eigenvalue weighted by molar-refractivity contribution is 0.0689. The lowest BCUT2D eigenvalue weighted by atomic mass is 10.00. The molecule has 1 unspecified atom stereocenters. The number of hydrogen-bond acceptors (Lipinski definition) is 5. The molecule has 5 nitrogen and oxygen atoms in total. The van der Waals surface area contributed by atoms with Gasteiger partial charge in [-0.15, -0.1) is 16.4 Å². The number of carbonyl (C=O) groups is 1. The maximum atomic E-state index is 12.7. The normalized spacial score (nSPS) is 19.2. The second-order valence-electron chi connectivity index (χ2n) is 5.93. The van der Waals surface area contributed by atoms with Crippen LogP contribution in [0.2, 0.25) is 0 Å². The van der Waals surface area contributed by atoms with Gasteiger partial charge in [0.2, 0.25) is 0 Å². The summed E-state index contributed by atoms with van der Waals surface area (Å²) in [7, 11) is 0. The van der Waals surface area contributed by atoms with Crippen LogP contribution in [0.4, 0.5) is 5.69 Å². The number of rotatable bonds is 1. The van der Waals surface area contributed by atoms with Gasteiger partial charge < -0.3 is 10.6 Å². The quantitative estimate of drug-likeness (QED) is 0.879. The second kappa shape index (κ2) is 5.26. The van der Waals surface area contributed by atoms with E-state index in [0.29, 0.717) is 16.5 Å². The molecular weight excluding hydrogens is 284 g/mol. The third-order valence-electron chi connectivity index (χ3n) is 4.27. The topological polar surface area (TPSA) is 72.1 Å². The predicted molar refractivity (Wildman–Crippen MR) is 85.6 cm³/mol. The number of carbonyl (C=O) groups excluding carboxylic acids is 1. The van der Waals surface area contributed by atoms with Crippen LogP contribution < -0.4 is 5.73 Å². The number of thiophene rings is 1. The summed E-state index contributed by atoms with van der Waals surface area (Å²) in [6, 6.07) is 0. The molecule has 21 heavy (non-hydrogen) atoms. The number of nitrogen functional groups attached to an aromatic ring is 1. The van der Waals surface area contributed by atoms with E-state index in [2.05, 4.69) is 17.1 Å². The SMILES string of the molecule is Cc1nnc2sc(C(=O)N3CCCC(C)C3)c(N)c2c1C. The molecule has 1 aliphatic heterocycles.